The number of carbonyl (C=O) groups is 2. The van der Waals surface area contributed by atoms with E-state index in [1.165, 1.54) is 0 Å². The van der Waals surface area contributed by atoms with Crippen molar-refractivity contribution in [3.8, 4) is 11.4 Å². The van der Waals surface area contributed by atoms with E-state index in [4.69, 9.17) is 16.1 Å². The Hall–Kier alpha value is -3.46. The number of amides is 2. The molecule has 0 aliphatic rings. The zero-order valence-corrected chi connectivity index (χ0v) is 17.2. The Bertz CT molecular complexity index is 991. The highest BCUT2D eigenvalue weighted by Gasteiger charge is 2.23. The zero-order valence-electron chi connectivity index (χ0n) is 16.4. The average molecular weight is 429 g/mol. The highest BCUT2D eigenvalue weighted by Crippen LogP contribution is 2.16. The number of rotatable bonds is 8. The molecule has 156 valence electrons. The van der Waals surface area contributed by atoms with E-state index in [9.17, 15) is 9.59 Å². The van der Waals surface area contributed by atoms with Crippen molar-refractivity contribution in [1.29, 1.82) is 0 Å². The second-order valence-electron chi connectivity index (χ2n) is 6.94. The maximum atomic E-state index is 12.6. The van der Waals surface area contributed by atoms with E-state index < -0.39 is 11.9 Å². The van der Waals surface area contributed by atoms with Crippen LogP contribution < -0.4 is 16.2 Å². The molecule has 3 aromatic rings. The predicted octanol–water partition coefficient (Wildman–Crippen LogP) is 3.07. The van der Waals surface area contributed by atoms with Crippen molar-refractivity contribution in [3.63, 3.8) is 0 Å². The molecule has 2 amide bonds. The Kier molecular flexibility index (Phi) is 6.97. The highest BCUT2D eigenvalue weighted by molar-refractivity contribution is 6.30. The molecule has 3 N–H and O–H groups in total. The van der Waals surface area contributed by atoms with Crippen LogP contribution in [0.2, 0.25) is 5.02 Å². The monoisotopic (exact) mass is 428 g/mol. The number of anilines is 1. The molecule has 0 aliphatic heterocycles. The summed E-state index contributed by atoms with van der Waals surface area (Å²) in [5.74, 6) is -0.281. The summed E-state index contributed by atoms with van der Waals surface area (Å²) < 4.78 is 5.08. The van der Waals surface area contributed by atoms with Crippen molar-refractivity contribution in [1.82, 2.24) is 25.9 Å². The van der Waals surface area contributed by atoms with Crippen LogP contribution in [-0.2, 0) is 4.79 Å². The molecule has 0 saturated carbocycles. The molecule has 3 rings (SSSR count). The minimum atomic E-state index is -0.761. The standard InChI is InChI=1S/C20H21ClN6O3/c1-12(2)11-16(23-18(28)14-3-5-15(21)6-4-14)19(29)25-26-20-24-17(27-30-20)13-7-9-22-10-8-13/h3-10,12,16H,11H2,1-2H3,(H,23,28)(H,25,29)(H,24,26,27). The van der Waals surface area contributed by atoms with E-state index >= 15 is 0 Å². The predicted molar refractivity (Wildman–Crippen MR) is 111 cm³/mol. The van der Waals surface area contributed by atoms with Crippen LogP contribution in [0.25, 0.3) is 11.4 Å². The topological polar surface area (TPSA) is 122 Å². The van der Waals surface area contributed by atoms with E-state index in [0.717, 1.165) is 5.56 Å². The van der Waals surface area contributed by atoms with E-state index in [2.05, 4.69) is 31.3 Å². The second kappa shape index (κ2) is 9.84. The molecule has 1 aromatic carbocycles. The second-order valence-corrected chi connectivity index (χ2v) is 7.37. The quantitative estimate of drug-likeness (QED) is 0.471. The van der Waals surface area contributed by atoms with Crippen molar-refractivity contribution >= 4 is 29.4 Å². The summed E-state index contributed by atoms with van der Waals surface area (Å²) in [4.78, 5) is 33.2. The molecule has 0 spiro atoms. The number of carbonyl (C=O) groups excluding carboxylic acids is 2. The number of hydrogen-bond acceptors (Lipinski definition) is 7. The van der Waals surface area contributed by atoms with Gasteiger partial charge >= 0.3 is 6.01 Å². The summed E-state index contributed by atoms with van der Waals surface area (Å²) in [5.41, 5.74) is 6.22. The van der Waals surface area contributed by atoms with Gasteiger partial charge in [0.25, 0.3) is 11.8 Å². The fourth-order valence-corrected chi connectivity index (χ4v) is 2.77. The van der Waals surface area contributed by atoms with Gasteiger partial charge in [-0.25, -0.2) is 5.43 Å². The van der Waals surface area contributed by atoms with Gasteiger partial charge < -0.3 is 9.84 Å². The minimum absolute atomic E-state index is 0.0162. The molecule has 0 fully saturated rings. The van der Waals surface area contributed by atoms with Crippen molar-refractivity contribution in [3.05, 3.63) is 59.4 Å². The third-order valence-electron chi connectivity index (χ3n) is 4.09. The molecule has 9 nitrogen and oxygen atoms in total. The number of nitrogens with zero attached hydrogens (tertiary/aromatic N) is 3. The largest absolute Gasteiger partial charge is 0.340 e. The minimum Gasteiger partial charge on any atom is -0.340 e. The number of benzene rings is 1. The van der Waals surface area contributed by atoms with Crippen molar-refractivity contribution in [2.75, 3.05) is 5.43 Å². The fraction of sp³-hybridized carbons (Fsp3) is 0.250. The van der Waals surface area contributed by atoms with Crippen molar-refractivity contribution < 1.29 is 14.1 Å². The van der Waals surface area contributed by atoms with Gasteiger partial charge in [-0.15, -0.1) is 0 Å². The van der Waals surface area contributed by atoms with Crippen LogP contribution in [-0.4, -0.2) is 33.0 Å². The smallest absolute Gasteiger partial charge is 0.340 e. The summed E-state index contributed by atoms with van der Waals surface area (Å²) in [5, 5.41) is 7.11. The lowest BCUT2D eigenvalue weighted by Gasteiger charge is -2.20. The first-order valence-electron chi connectivity index (χ1n) is 9.29. The Balaban J connectivity index is 1.62. The van der Waals surface area contributed by atoms with Gasteiger partial charge in [-0.1, -0.05) is 30.6 Å². The van der Waals surface area contributed by atoms with Gasteiger partial charge in [0, 0.05) is 28.5 Å². The van der Waals surface area contributed by atoms with Gasteiger partial charge in [-0.05, 0) is 48.7 Å². The normalized spacial score (nSPS) is 11.7. The van der Waals surface area contributed by atoms with Crippen LogP contribution >= 0.6 is 11.6 Å². The lowest BCUT2D eigenvalue weighted by atomic mass is 10.0. The van der Waals surface area contributed by atoms with E-state index in [1.807, 2.05) is 13.8 Å². The molecular weight excluding hydrogens is 408 g/mol. The Labute approximate surface area is 178 Å². The van der Waals surface area contributed by atoms with Crippen LogP contribution in [0.15, 0.2) is 53.3 Å². The average Bonchev–Trinajstić information content (AvgIpc) is 3.21. The number of pyridine rings is 1. The van der Waals surface area contributed by atoms with Crippen LogP contribution in [0, 0.1) is 5.92 Å². The number of halogens is 1. The van der Waals surface area contributed by atoms with Crippen molar-refractivity contribution in [2.24, 2.45) is 5.92 Å². The zero-order chi connectivity index (χ0) is 21.5. The van der Waals surface area contributed by atoms with E-state index in [-0.39, 0.29) is 17.8 Å². The Morgan fingerprint density at radius 2 is 1.80 bits per heavy atom. The SMILES string of the molecule is CC(C)CC(NC(=O)c1ccc(Cl)cc1)C(=O)NNc1nc(-c2ccncc2)no1. The van der Waals surface area contributed by atoms with Crippen LogP contribution in [0.5, 0.6) is 0 Å². The fourth-order valence-electron chi connectivity index (χ4n) is 2.64. The van der Waals surface area contributed by atoms with Gasteiger partial charge in [0.1, 0.15) is 6.04 Å². The Morgan fingerprint density at radius 3 is 2.47 bits per heavy atom. The molecular formula is C20H21ClN6O3. The first kappa shape index (κ1) is 21.3. The summed E-state index contributed by atoms with van der Waals surface area (Å²) in [6.07, 6.45) is 3.67. The number of hydrazine groups is 1. The molecule has 0 saturated heterocycles. The molecule has 1 unspecified atom stereocenters. The van der Waals surface area contributed by atoms with Gasteiger partial charge in [0.15, 0.2) is 0 Å². The number of aromatic nitrogens is 3. The van der Waals surface area contributed by atoms with E-state index in [1.54, 1.807) is 48.8 Å². The summed E-state index contributed by atoms with van der Waals surface area (Å²) in [6, 6.07) is 9.15. The maximum absolute atomic E-state index is 12.6. The summed E-state index contributed by atoms with van der Waals surface area (Å²) in [6.45, 7) is 3.92. The molecule has 30 heavy (non-hydrogen) atoms. The lowest BCUT2D eigenvalue weighted by molar-refractivity contribution is -0.122. The first-order chi connectivity index (χ1) is 14.4. The molecule has 1 atom stereocenters. The third kappa shape index (κ3) is 5.77. The molecule has 10 heteroatoms. The molecule has 2 heterocycles. The molecule has 0 bridgehead atoms. The Morgan fingerprint density at radius 1 is 1.10 bits per heavy atom. The highest BCUT2D eigenvalue weighted by atomic mass is 35.5. The van der Waals surface area contributed by atoms with E-state index in [0.29, 0.717) is 22.8 Å². The van der Waals surface area contributed by atoms with Gasteiger partial charge in [0.05, 0.1) is 0 Å². The van der Waals surface area contributed by atoms with Crippen LogP contribution in [0.1, 0.15) is 30.6 Å². The van der Waals surface area contributed by atoms with Crippen LogP contribution in [0.3, 0.4) is 0 Å². The van der Waals surface area contributed by atoms with Gasteiger partial charge in [-0.2, -0.15) is 4.98 Å². The first-order valence-corrected chi connectivity index (χ1v) is 9.66. The lowest BCUT2D eigenvalue weighted by Crippen LogP contribution is -2.49. The van der Waals surface area contributed by atoms with Gasteiger partial charge in [0.2, 0.25) is 5.82 Å². The number of hydrogen-bond donors (Lipinski definition) is 3. The summed E-state index contributed by atoms with van der Waals surface area (Å²) >= 11 is 5.85. The number of nitrogens with one attached hydrogen (secondary N) is 3. The molecule has 0 aliphatic carbocycles. The molecule has 0 radical (unpaired) electrons. The van der Waals surface area contributed by atoms with Crippen molar-refractivity contribution in [2.45, 2.75) is 26.3 Å². The summed E-state index contributed by atoms with van der Waals surface area (Å²) in [7, 11) is 0. The maximum Gasteiger partial charge on any atom is 0.340 e. The third-order valence-corrected chi connectivity index (χ3v) is 4.34. The van der Waals surface area contributed by atoms with Gasteiger partial charge in [-0.3, -0.25) is 20.0 Å². The molecule has 2 aromatic heterocycles. The van der Waals surface area contributed by atoms with Crippen LogP contribution in [0.4, 0.5) is 6.01 Å².